The van der Waals surface area contributed by atoms with E-state index in [1.54, 1.807) is 43.0 Å². The lowest BCUT2D eigenvalue weighted by molar-refractivity contribution is -0.153. The van der Waals surface area contributed by atoms with Gasteiger partial charge in [0.25, 0.3) is 0 Å². The van der Waals surface area contributed by atoms with E-state index in [1.165, 1.54) is 12.1 Å². The second-order valence-corrected chi connectivity index (χ2v) is 10.3. The predicted octanol–water partition coefficient (Wildman–Crippen LogP) is 4.91. The highest BCUT2D eigenvalue weighted by atomic mass is 32.2. The van der Waals surface area contributed by atoms with Crippen molar-refractivity contribution >= 4 is 10.0 Å². The van der Waals surface area contributed by atoms with Crippen molar-refractivity contribution < 1.29 is 26.3 Å². The largest absolute Gasteiger partial charge is 0.484 e. The van der Waals surface area contributed by atoms with E-state index < -0.39 is 22.8 Å². The molecule has 188 valence electrons. The van der Waals surface area contributed by atoms with Crippen LogP contribution in [-0.4, -0.2) is 42.0 Å². The van der Waals surface area contributed by atoms with Crippen molar-refractivity contribution in [2.24, 2.45) is 0 Å². The molecule has 0 aliphatic heterocycles. The quantitative estimate of drug-likeness (QED) is 0.467. The number of hydrogen-bond donors (Lipinski definition) is 1. The Morgan fingerprint density at radius 1 is 1.06 bits per heavy atom. The van der Waals surface area contributed by atoms with Crippen LogP contribution < -0.4 is 9.46 Å². The van der Waals surface area contributed by atoms with Crippen LogP contribution in [0.5, 0.6) is 5.75 Å². The molecule has 0 saturated heterocycles. The summed E-state index contributed by atoms with van der Waals surface area (Å²) in [7, 11) is -3.74. The number of halogens is 3. The van der Waals surface area contributed by atoms with Crippen LogP contribution >= 0.6 is 0 Å². The Morgan fingerprint density at radius 3 is 2.40 bits per heavy atom. The fourth-order valence-corrected chi connectivity index (χ4v) is 6.00. The molecule has 0 spiro atoms. The second kappa shape index (κ2) is 10.4. The van der Waals surface area contributed by atoms with E-state index >= 15 is 0 Å². The fourth-order valence-electron chi connectivity index (χ4n) is 4.43. The first kappa shape index (κ1) is 25.2. The zero-order valence-electron chi connectivity index (χ0n) is 19.2. The van der Waals surface area contributed by atoms with Crippen molar-refractivity contribution in [2.75, 3.05) is 6.61 Å². The number of ether oxygens (including phenoxy) is 1. The van der Waals surface area contributed by atoms with Gasteiger partial charge in [0.05, 0.1) is 4.90 Å². The van der Waals surface area contributed by atoms with Crippen LogP contribution in [0.4, 0.5) is 13.2 Å². The van der Waals surface area contributed by atoms with Gasteiger partial charge in [-0.05, 0) is 73.1 Å². The number of aryl methyl sites for hydroxylation is 1. The summed E-state index contributed by atoms with van der Waals surface area (Å²) in [4.78, 5) is 0.236. The summed E-state index contributed by atoms with van der Waals surface area (Å²) >= 11 is 0. The Kier molecular flexibility index (Phi) is 7.46. The van der Waals surface area contributed by atoms with Crippen LogP contribution in [0, 0.1) is 0 Å². The third kappa shape index (κ3) is 6.40. The molecule has 1 aliphatic rings. The third-order valence-electron chi connectivity index (χ3n) is 6.15. The van der Waals surface area contributed by atoms with Crippen molar-refractivity contribution in [3.8, 4) is 16.9 Å². The van der Waals surface area contributed by atoms with Gasteiger partial charge in [0.15, 0.2) is 6.61 Å². The molecule has 0 bridgehead atoms. The number of benzene rings is 2. The molecule has 1 fully saturated rings. The molecule has 11 heteroatoms. The molecule has 7 nitrogen and oxygen atoms in total. The van der Waals surface area contributed by atoms with E-state index in [0.29, 0.717) is 18.4 Å². The number of alkyl halides is 3. The van der Waals surface area contributed by atoms with Gasteiger partial charge in [-0.15, -0.1) is 10.2 Å². The summed E-state index contributed by atoms with van der Waals surface area (Å²) in [5, 5.41) is 7.69. The molecule has 3 aromatic rings. The van der Waals surface area contributed by atoms with Crippen LogP contribution in [-0.2, 0) is 16.4 Å². The summed E-state index contributed by atoms with van der Waals surface area (Å²) in [6.07, 6.45) is 2.70. The number of nitrogens with zero attached hydrogens (tertiary/aromatic N) is 3. The summed E-state index contributed by atoms with van der Waals surface area (Å²) in [6, 6.07) is 11.3. The third-order valence-corrected chi connectivity index (χ3v) is 7.77. The molecular formula is C24H27F3N4O3S. The number of aromatic nitrogens is 3. The molecule has 1 saturated carbocycles. The van der Waals surface area contributed by atoms with E-state index in [1.807, 2.05) is 11.5 Å². The molecule has 1 heterocycles. The molecule has 0 unspecified atom stereocenters. The minimum atomic E-state index is -4.40. The lowest BCUT2D eigenvalue weighted by atomic mass is 9.91. The Balaban J connectivity index is 1.48. The number of rotatable bonds is 8. The van der Waals surface area contributed by atoms with Gasteiger partial charge in [-0.1, -0.05) is 25.1 Å². The Bertz CT molecular complexity index is 1230. The monoisotopic (exact) mass is 508 g/mol. The summed E-state index contributed by atoms with van der Waals surface area (Å²) in [5.74, 6) is 0.113. The first-order chi connectivity index (χ1) is 16.6. The molecule has 1 N–H and O–H groups in total. The van der Waals surface area contributed by atoms with Crippen LogP contribution in [0.3, 0.4) is 0 Å². The zero-order chi connectivity index (χ0) is 25.1. The summed E-state index contributed by atoms with van der Waals surface area (Å²) in [5.41, 5.74) is 2.19. The Hall–Kier alpha value is -2.92. The van der Waals surface area contributed by atoms with E-state index in [4.69, 9.17) is 4.74 Å². The highest BCUT2D eigenvalue weighted by molar-refractivity contribution is 7.89. The van der Waals surface area contributed by atoms with Crippen LogP contribution in [0.2, 0.25) is 0 Å². The van der Waals surface area contributed by atoms with E-state index in [-0.39, 0.29) is 22.7 Å². The molecule has 1 aliphatic carbocycles. The molecule has 2 aromatic carbocycles. The second-order valence-electron chi connectivity index (χ2n) is 8.65. The molecule has 35 heavy (non-hydrogen) atoms. The minimum absolute atomic E-state index is 0.113. The molecule has 2 atom stereocenters. The molecule has 4 rings (SSSR count). The maximum Gasteiger partial charge on any atom is 0.422 e. The van der Waals surface area contributed by atoms with Crippen LogP contribution in [0.1, 0.15) is 44.2 Å². The fraction of sp³-hybridized carbons (Fsp3) is 0.417. The average Bonchev–Trinajstić information content (AvgIpc) is 3.37. The Morgan fingerprint density at radius 2 is 1.74 bits per heavy atom. The van der Waals surface area contributed by atoms with Gasteiger partial charge in [-0.3, -0.25) is 0 Å². The van der Waals surface area contributed by atoms with Crippen LogP contribution in [0.15, 0.2) is 60.0 Å². The first-order valence-electron chi connectivity index (χ1n) is 11.4. The van der Waals surface area contributed by atoms with E-state index in [9.17, 15) is 21.6 Å². The van der Waals surface area contributed by atoms with E-state index in [2.05, 4.69) is 14.9 Å². The number of sulfonamides is 1. The van der Waals surface area contributed by atoms with Gasteiger partial charge in [0.1, 0.15) is 18.4 Å². The SMILES string of the molecule is CCc1cc(-c2ccc(OCC(F)(F)F)cc2)ccc1S(=O)(=O)N[C@H]1CCC[C@@H](n2cnnc2)C1. The molecule has 0 amide bonds. The topological polar surface area (TPSA) is 86.1 Å². The van der Waals surface area contributed by atoms with Gasteiger partial charge >= 0.3 is 6.18 Å². The standard InChI is InChI=1S/C24H27F3N4O3S/c1-2-17-12-19(18-6-9-22(10-7-18)34-14-24(25,26)27)8-11-23(17)35(32,33)30-20-4-3-5-21(13-20)31-15-28-29-16-31/h6-12,15-16,20-21,30H,2-5,13-14H2,1H3/t20-,21+/m0/s1. The maximum atomic E-state index is 13.3. The summed E-state index contributed by atoms with van der Waals surface area (Å²) < 4.78 is 73.1. The normalized spacial score (nSPS) is 19.0. The number of hydrogen-bond acceptors (Lipinski definition) is 5. The number of nitrogens with one attached hydrogen (secondary N) is 1. The molecule has 0 radical (unpaired) electrons. The van der Waals surface area contributed by atoms with Crippen molar-refractivity contribution in [1.82, 2.24) is 19.5 Å². The first-order valence-corrected chi connectivity index (χ1v) is 12.9. The van der Waals surface area contributed by atoms with Gasteiger partial charge < -0.3 is 9.30 Å². The zero-order valence-corrected chi connectivity index (χ0v) is 20.0. The summed E-state index contributed by atoms with van der Waals surface area (Å²) in [6.45, 7) is 0.529. The Labute approximate surface area is 202 Å². The van der Waals surface area contributed by atoms with E-state index in [0.717, 1.165) is 30.4 Å². The van der Waals surface area contributed by atoms with Crippen molar-refractivity contribution in [2.45, 2.75) is 62.2 Å². The van der Waals surface area contributed by atoms with Crippen molar-refractivity contribution in [1.29, 1.82) is 0 Å². The molecular weight excluding hydrogens is 481 g/mol. The van der Waals surface area contributed by atoms with Gasteiger partial charge in [0.2, 0.25) is 10.0 Å². The highest BCUT2D eigenvalue weighted by Crippen LogP contribution is 2.31. The lowest BCUT2D eigenvalue weighted by Gasteiger charge is -2.30. The lowest BCUT2D eigenvalue weighted by Crippen LogP contribution is -2.39. The van der Waals surface area contributed by atoms with Gasteiger partial charge in [-0.2, -0.15) is 13.2 Å². The van der Waals surface area contributed by atoms with Crippen molar-refractivity contribution in [3.63, 3.8) is 0 Å². The van der Waals surface area contributed by atoms with Crippen molar-refractivity contribution in [3.05, 3.63) is 60.7 Å². The minimum Gasteiger partial charge on any atom is -0.484 e. The molecule has 1 aromatic heterocycles. The predicted molar refractivity (Wildman–Crippen MR) is 124 cm³/mol. The average molecular weight is 509 g/mol. The smallest absolute Gasteiger partial charge is 0.422 e. The van der Waals surface area contributed by atoms with Gasteiger partial charge in [0, 0.05) is 12.1 Å². The maximum absolute atomic E-state index is 13.3. The van der Waals surface area contributed by atoms with Crippen LogP contribution in [0.25, 0.3) is 11.1 Å². The van der Waals surface area contributed by atoms with Gasteiger partial charge in [-0.25, -0.2) is 13.1 Å². The highest BCUT2D eigenvalue weighted by Gasteiger charge is 2.29.